The van der Waals surface area contributed by atoms with Gasteiger partial charge in [-0.15, -0.1) is 0 Å². The number of hydrogen-bond donors (Lipinski definition) is 1. The number of piperidine rings is 1. The highest BCUT2D eigenvalue weighted by molar-refractivity contribution is 9.10. The monoisotopic (exact) mass is 328 g/mol. The zero-order valence-electron chi connectivity index (χ0n) is 10.8. The van der Waals surface area contributed by atoms with Crippen molar-refractivity contribution in [3.8, 4) is 0 Å². The van der Waals surface area contributed by atoms with E-state index in [4.69, 9.17) is 0 Å². The average molecular weight is 329 g/mol. The second-order valence-electron chi connectivity index (χ2n) is 4.54. The highest BCUT2D eigenvalue weighted by atomic mass is 79.9. The number of rotatable bonds is 4. The lowest BCUT2D eigenvalue weighted by Gasteiger charge is -2.35. The van der Waals surface area contributed by atoms with E-state index < -0.39 is 4.92 Å². The van der Waals surface area contributed by atoms with Gasteiger partial charge in [0, 0.05) is 25.2 Å². The number of aromatic nitrogens is 1. The highest BCUT2D eigenvalue weighted by Crippen LogP contribution is 2.29. The van der Waals surface area contributed by atoms with Gasteiger partial charge in [-0.3, -0.25) is 10.1 Å². The molecule has 6 nitrogen and oxygen atoms in total. The summed E-state index contributed by atoms with van der Waals surface area (Å²) in [6.07, 6.45) is 3.58. The molecule has 0 bridgehead atoms. The Kier molecular flexibility index (Phi) is 4.71. The van der Waals surface area contributed by atoms with Gasteiger partial charge in [-0.25, -0.2) is 4.98 Å². The predicted octanol–water partition coefficient (Wildman–Crippen LogP) is 2.33. The van der Waals surface area contributed by atoms with E-state index in [1.165, 1.54) is 12.3 Å². The summed E-state index contributed by atoms with van der Waals surface area (Å²) in [5, 5.41) is 14.1. The molecule has 1 N–H and O–H groups in total. The van der Waals surface area contributed by atoms with Gasteiger partial charge in [0.05, 0.1) is 9.40 Å². The Morgan fingerprint density at radius 3 is 3.00 bits per heavy atom. The Balaban J connectivity index is 2.24. The lowest BCUT2D eigenvalue weighted by atomic mass is 10.1. The maximum absolute atomic E-state index is 10.7. The van der Waals surface area contributed by atoms with Crippen molar-refractivity contribution in [1.29, 1.82) is 0 Å². The molecule has 104 valence electrons. The fourth-order valence-corrected chi connectivity index (χ4v) is 2.98. The summed E-state index contributed by atoms with van der Waals surface area (Å²) in [7, 11) is 0. The molecule has 1 fully saturated rings. The first-order valence-corrected chi connectivity index (χ1v) is 7.20. The molecule has 0 aromatic carbocycles. The molecular formula is C12H17BrN4O2. The molecule has 1 unspecified atom stereocenters. The lowest BCUT2D eigenvalue weighted by Crippen LogP contribution is -2.46. The van der Waals surface area contributed by atoms with Gasteiger partial charge in [0.1, 0.15) is 12.0 Å². The quantitative estimate of drug-likeness (QED) is 0.678. The zero-order valence-corrected chi connectivity index (χ0v) is 12.4. The molecule has 7 heteroatoms. The second kappa shape index (κ2) is 6.29. The van der Waals surface area contributed by atoms with E-state index in [1.807, 2.05) is 0 Å². The molecule has 1 aromatic rings. The van der Waals surface area contributed by atoms with Gasteiger partial charge in [-0.1, -0.05) is 0 Å². The fraction of sp³-hybridized carbons (Fsp3) is 0.583. The van der Waals surface area contributed by atoms with E-state index in [1.54, 1.807) is 0 Å². The number of hydrogen-bond acceptors (Lipinski definition) is 5. The van der Waals surface area contributed by atoms with Gasteiger partial charge in [0.15, 0.2) is 0 Å². The van der Waals surface area contributed by atoms with E-state index >= 15 is 0 Å². The second-order valence-corrected chi connectivity index (χ2v) is 5.40. The van der Waals surface area contributed by atoms with Crippen LogP contribution in [-0.2, 0) is 0 Å². The summed E-state index contributed by atoms with van der Waals surface area (Å²) in [5.41, 5.74) is 0.00782. The van der Waals surface area contributed by atoms with Crippen LogP contribution in [0.2, 0.25) is 0 Å². The molecule has 0 aliphatic carbocycles. The molecule has 0 amide bonds. The summed E-state index contributed by atoms with van der Waals surface area (Å²) in [6, 6.07) is 1.91. The van der Waals surface area contributed by atoms with Crippen LogP contribution in [-0.4, -0.2) is 35.6 Å². The summed E-state index contributed by atoms with van der Waals surface area (Å²) in [4.78, 5) is 16.7. The van der Waals surface area contributed by atoms with Crippen molar-refractivity contribution in [3.63, 3.8) is 0 Å². The third-order valence-corrected chi connectivity index (χ3v) is 3.93. The first-order chi connectivity index (χ1) is 9.13. The van der Waals surface area contributed by atoms with Crippen molar-refractivity contribution in [2.24, 2.45) is 0 Å². The lowest BCUT2D eigenvalue weighted by molar-refractivity contribution is -0.385. The van der Waals surface area contributed by atoms with Crippen LogP contribution in [0.3, 0.4) is 0 Å². The maximum atomic E-state index is 10.7. The third-order valence-electron chi connectivity index (χ3n) is 3.34. The first-order valence-electron chi connectivity index (χ1n) is 6.40. The fourth-order valence-electron chi connectivity index (χ4n) is 2.41. The first kappa shape index (κ1) is 14.2. The number of nitrogens with zero attached hydrogens (tertiary/aromatic N) is 3. The molecule has 2 heterocycles. The molecular weight excluding hydrogens is 312 g/mol. The summed E-state index contributed by atoms with van der Waals surface area (Å²) >= 11 is 3.39. The van der Waals surface area contributed by atoms with E-state index in [-0.39, 0.29) is 5.69 Å². The number of nitrogens with one attached hydrogen (secondary N) is 1. The Morgan fingerprint density at radius 2 is 2.47 bits per heavy atom. The number of likely N-dealkylation sites (N-methyl/N-ethyl adjacent to an activating group) is 1. The van der Waals surface area contributed by atoms with E-state index in [9.17, 15) is 10.1 Å². The van der Waals surface area contributed by atoms with Crippen LogP contribution in [0, 0.1) is 10.1 Å². The minimum absolute atomic E-state index is 0.00782. The van der Waals surface area contributed by atoms with Crippen molar-refractivity contribution in [1.82, 2.24) is 10.3 Å². The van der Waals surface area contributed by atoms with Crippen molar-refractivity contribution in [3.05, 3.63) is 26.9 Å². The van der Waals surface area contributed by atoms with Crippen molar-refractivity contribution < 1.29 is 4.92 Å². The Hall–Kier alpha value is -1.21. The molecule has 1 aliphatic rings. The van der Waals surface area contributed by atoms with Gasteiger partial charge in [0.25, 0.3) is 5.69 Å². The molecule has 2 rings (SSSR count). The molecule has 1 aliphatic heterocycles. The van der Waals surface area contributed by atoms with Crippen LogP contribution in [0.5, 0.6) is 0 Å². The molecule has 1 aromatic heterocycles. The van der Waals surface area contributed by atoms with Gasteiger partial charge < -0.3 is 10.2 Å². The smallest absolute Gasteiger partial charge is 0.288 e. The summed E-state index contributed by atoms with van der Waals surface area (Å²) in [5.74, 6) is 0.779. The molecule has 0 radical (unpaired) electrons. The average Bonchev–Trinajstić information content (AvgIpc) is 2.42. The number of halogens is 1. The molecule has 0 saturated carbocycles. The largest absolute Gasteiger partial charge is 0.352 e. The van der Waals surface area contributed by atoms with Gasteiger partial charge in [-0.2, -0.15) is 0 Å². The molecule has 19 heavy (non-hydrogen) atoms. The SMILES string of the molecule is CCN(c1ncc([N+](=O)[O-])cc1Br)C1CCCNC1. The number of pyridine rings is 1. The van der Waals surface area contributed by atoms with Crippen LogP contribution in [0.25, 0.3) is 0 Å². The molecule has 1 saturated heterocycles. The van der Waals surface area contributed by atoms with Crippen molar-refractivity contribution in [2.75, 3.05) is 24.5 Å². The minimum atomic E-state index is -0.431. The van der Waals surface area contributed by atoms with Crippen LogP contribution >= 0.6 is 15.9 Å². The Morgan fingerprint density at radius 1 is 1.68 bits per heavy atom. The zero-order chi connectivity index (χ0) is 13.8. The number of nitro groups is 1. The summed E-state index contributed by atoms with van der Waals surface area (Å²) in [6.45, 7) is 4.89. The van der Waals surface area contributed by atoms with Gasteiger partial charge in [-0.05, 0) is 42.2 Å². The van der Waals surface area contributed by atoms with Crippen LogP contribution < -0.4 is 10.2 Å². The van der Waals surface area contributed by atoms with E-state index in [2.05, 4.69) is 38.1 Å². The Bertz CT molecular complexity index is 463. The molecule has 0 spiro atoms. The third kappa shape index (κ3) is 3.22. The van der Waals surface area contributed by atoms with Gasteiger partial charge in [0.2, 0.25) is 0 Å². The van der Waals surface area contributed by atoms with Crippen molar-refractivity contribution >= 4 is 27.4 Å². The maximum Gasteiger partial charge on any atom is 0.288 e. The van der Waals surface area contributed by atoms with Crippen LogP contribution in [0.4, 0.5) is 11.5 Å². The number of anilines is 1. The normalized spacial score (nSPS) is 19.2. The molecule has 1 atom stereocenters. The van der Waals surface area contributed by atoms with E-state index in [0.717, 1.165) is 38.3 Å². The van der Waals surface area contributed by atoms with Crippen LogP contribution in [0.1, 0.15) is 19.8 Å². The standard InChI is InChI=1S/C12H17BrN4O2/c1-2-16(9-4-3-5-14-7-9)12-11(13)6-10(8-15-12)17(18)19/h6,8-9,14H,2-5,7H2,1H3. The Labute approximate surface area is 120 Å². The summed E-state index contributed by atoms with van der Waals surface area (Å²) < 4.78 is 0.675. The van der Waals surface area contributed by atoms with Gasteiger partial charge >= 0.3 is 0 Å². The topological polar surface area (TPSA) is 71.3 Å². The highest BCUT2D eigenvalue weighted by Gasteiger charge is 2.23. The van der Waals surface area contributed by atoms with Crippen molar-refractivity contribution in [2.45, 2.75) is 25.8 Å². The minimum Gasteiger partial charge on any atom is -0.352 e. The van der Waals surface area contributed by atoms with E-state index in [0.29, 0.717) is 10.5 Å². The van der Waals surface area contributed by atoms with Crippen LogP contribution in [0.15, 0.2) is 16.7 Å². The predicted molar refractivity (Wildman–Crippen MR) is 77.5 cm³/mol.